The summed E-state index contributed by atoms with van der Waals surface area (Å²) in [5.41, 5.74) is 2.13. The van der Waals surface area contributed by atoms with Crippen LogP contribution in [0.4, 0.5) is 0 Å². The number of rotatable bonds is 5. The van der Waals surface area contributed by atoms with Crippen molar-refractivity contribution in [2.75, 3.05) is 13.7 Å². The lowest BCUT2D eigenvalue weighted by Gasteiger charge is -2.13. The summed E-state index contributed by atoms with van der Waals surface area (Å²) in [6.45, 7) is 2.83. The highest BCUT2D eigenvalue weighted by Gasteiger charge is 2.09. The van der Waals surface area contributed by atoms with Crippen LogP contribution in [-0.2, 0) is 0 Å². The molecule has 2 rings (SSSR count). The topological polar surface area (TPSA) is 18.5 Å². The number of benzene rings is 2. The molecule has 0 atom stereocenters. The minimum absolute atomic E-state index is 0.728. The van der Waals surface area contributed by atoms with Gasteiger partial charge in [-0.1, -0.05) is 43.3 Å². The smallest absolute Gasteiger partial charge is 0.127 e. The van der Waals surface area contributed by atoms with Crippen LogP contribution >= 0.6 is 0 Å². The third-order valence-corrected chi connectivity index (χ3v) is 2.75. The molecule has 0 radical (unpaired) electrons. The van der Waals surface area contributed by atoms with Gasteiger partial charge in [-0.25, -0.2) is 0 Å². The molecule has 0 saturated heterocycles. The van der Waals surface area contributed by atoms with E-state index in [1.165, 1.54) is 0 Å². The summed E-state index contributed by atoms with van der Waals surface area (Å²) in [7, 11) is 1.69. The highest BCUT2D eigenvalue weighted by molar-refractivity contribution is 5.75. The zero-order chi connectivity index (χ0) is 12.8. The van der Waals surface area contributed by atoms with E-state index in [9.17, 15) is 0 Å². The van der Waals surface area contributed by atoms with Crippen LogP contribution in [-0.4, -0.2) is 13.7 Å². The van der Waals surface area contributed by atoms with Crippen LogP contribution < -0.4 is 9.47 Å². The van der Waals surface area contributed by atoms with Gasteiger partial charge in [0.15, 0.2) is 0 Å². The summed E-state index contributed by atoms with van der Waals surface area (Å²) in [5, 5.41) is 0. The SMILES string of the molecule is CCCOc1ccccc1-c1ccccc1OC. The van der Waals surface area contributed by atoms with Crippen molar-refractivity contribution >= 4 is 0 Å². The molecule has 0 fully saturated rings. The van der Waals surface area contributed by atoms with Crippen LogP contribution in [0, 0.1) is 0 Å². The molecule has 0 aromatic heterocycles. The molecule has 0 amide bonds. The molecule has 0 spiro atoms. The summed E-state index contributed by atoms with van der Waals surface area (Å²) in [6, 6.07) is 16.1. The van der Waals surface area contributed by atoms with Crippen molar-refractivity contribution in [2.24, 2.45) is 0 Å². The molecule has 0 N–H and O–H groups in total. The highest BCUT2D eigenvalue weighted by Crippen LogP contribution is 2.35. The van der Waals surface area contributed by atoms with E-state index < -0.39 is 0 Å². The fourth-order valence-corrected chi connectivity index (χ4v) is 1.89. The second kappa shape index (κ2) is 6.10. The Morgan fingerprint density at radius 2 is 1.39 bits per heavy atom. The largest absolute Gasteiger partial charge is 0.496 e. The van der Waals surface area contributed by atoms with E-state index in [0.717, 1.165) is 35.7 Å². The third kappa shape index (κ3) is 2.65. The van der Waals surface area contributed by atoms with Crippen molar-refractivity contribution in [3.63, 3.8) is 0 Å². The molecule has 0 aliphatic carbocycles. The third-order valence-electron chi connectivity index (χ3n) is 2.75. The van der Waals surface area contributed by atoms with Crippen LogP contribution in [0.1, 0.15) is 13.3 Å². The van der Waals surface area contributed by atoms with Gasteiger partial charge in [-0.15, -0.1) is 0 Å². The Bertz CT molecular complexity index is 506. The van der Waals surface area contributed by atoms with Crippen molar-refractivity contribution in [1.82, 2.24) is 0 Å². The molecule has 94 valence electrons. The minimum Gasteiger partial charge on any atom is -0.496 e. The van der Waals surface area contributed by atoms with Crippen LogP contribution in [0.15, 0.2) is 48.5 Å². The second-order valence-electron chi connectivity index (χ2n) is 4.04. The molecule has 0 heterocycles. The van der Waals surface area contributed by atoms with Gasteiger partial charge in [0.05, 0.1) is 13.7 Å². The maximum atomic E-state index is 5.78. The van der Waals surface area contributed by atoms with Crippen molar-refractivity contribution in [2.45, 2.75) is 13.3 Å². The van der Waals surface area contributed by atoms with E-state index >= 15 is 0 Å². The number of hydrogen-bond acceptors (Lipinski definition) is 2. The van der Waals surface area contributed by atoms with Crippen molar-refractivity contribution in [1.29, 1.82) is 0 Å². The Kier molecular flexibility index (Phi) is 4.24. The summed E-state index contributed by atoms with van der Waals surface area (Å²) in [5.74, 6) is 1.77. The summed E-state index contributed by atoms with van der Waals surface area (Å²) < 4.78 is 11.2. The van der Waals surface area contributed by atoms with E-state index in [4.69, 9.17) is 9.47 Å². The Hall–Kier alpha value is -1.96. The maximum absolute atomic E-state index is 5.78. The quantitative estimate of drug-likeness (QED) is 0.784. The molecule has 0 unspecified atom stereocenters. The van der Waals surface area contributed by atoms with Gasteiger partial charge in [-0.2, -0.15) is 0 Å². The summed E-state index contributed by atoms with van der Waals surface area (Å²) in [6.07, 6.45) is 1.00. The maximum Gasteiger partial charge on any atom is 0.127 e. The van der Waals surface area contributed by atoms with Gasteiger partial charge in [0.2, 0.25) is 0 Å². The molecule has 0 bridgehead atoms. The first-order valence-electron chi connectivity index (χ1n) is 6.22. The van der Waals surface area contributed by atoms with Crippen LogP contribution in [0.25, 0.3) is 11.1 Å². The van der Waals surface area contributed by atoms with Gasteiger partial charge >= 0.3 is 0 Å². The fourth-order valence-electron chi connectivity index (χ4n) is 1.89. The van der Waals surface area contributed by atoms with E-state index in [2.05, 4.69) is 13.0 Å². The molecule has 0 saturated carbocycles. The lowest BCUT2D eigenvalue weighted by atomic mass is 10.0. The number of hydrogen-bond donors (Lipinski definition) is 0. The number of ether oxygens (including phenoxy) is 2. The molecule has 2 aromatic rings. The van der Waals surface area contributed by atoms with Crippen LogP contribution in [0.2, 0.25) is 0 Å². The van der Waals surface area contributed by atoms with Gasteiger partial charge in [0.1, 0.15) is 11.5 Å². The Labute approximate surface area is 108 Å². The Balaban J connectivity index is 2.43. The monoisotopic (exact) mass is 242 g/mol. The Morgan fingerprint density at radius 3 is 2.00 bits per heavy atom. The second-order valence-corrected chi connectivity index (χ2v) is 4.04. The van der Waals surface area contributed by atoms with E-state index in [1.807, 2.05) is 42.5 Å². The average Bonchev–Trinajstić information content (AvgIpc) is 2.45. The van der Waals surface area contributed by atoms with E-state index in [1.54, 1.807) is 7.11 Å². The molecular formula is C16H18O2. The molecule has 2 heteroatoms. The molecule has 0 aliphatic rings. The predicted octanol–water partition coefficient (Wildman–Crippen LogP) is 4.15. The standard InChI is InChI=1S/C16H18O2/c1-3-12-18-16-11-7-5-9-14(16)13-8-4-6-10-15(13)17-2/h4-11H,3,12H2,1-2H3. The predicted molar refractivity (Wildman–Crippen MR) is 74.2 cm³/mol. The van der Waals surface area contributed by atoms with Gasteiger partial charge in [0, 0.05) is 11.1 Å². The number of para-hydroxylation sites is 2. The van der Waals surface area contributed by atoms with Crippen LogP contribution in [0.3, 0.4) is 0 Å². The van der Waals surface area contributed by atoms with Gasteiger partial charge in [-0.05, 0) is 18.6 Å². The van der Waals surface area contributed by atoms with Crippen molar-refractivity contribution in [3.8, 4) is 22.6 Å². The molecule has 2 nitrogen and oxygen atoms in total. The molecule has 2 aromatic carbocycles. The minimum atomic E-state index is 0.728. The summed E-state index contributed by atoms with van der Waals surface area (Å²) >= 11 is 0. The normalized spacial score (nSPS) is 10.1. The van der Waals surface area contributed by atoms with Crippen LogP contribution in [0.5, 0.6) is 11.5 Å². The summed E-state index contributed by atoms with van der Waals surface area (Å²) in [4.78, 5) is 0. The first kappa shape index (κ1) is 12.5. The van der Waals surface area contributed by atoms with Crippen molar-refractivity contribution < 1.29 is 9.47 Å². The number of methoxy groups -OCH3 is 1. The zero-order valence-electron chi connectivity index (χ0n) is 10.8. The highest BCUT2D eigenvalue weighted by atomic mass is 16.5. The van der Waals surface area contributed by atoms with E-state index in [-0.39, 0.29) is 0 Å². The molecule has 18 heavy (non-hydrogen) atoms. The first-order valence-corrected chi connectivity index (χ1v) is 6.22. The Morgan fingerprint density at radius 1 is 0.833 bits per heavy atom. The lowest BCUT2D eigenvalue weighted by Crippen LogP contribution is -1.97. The zero-order valence-corrected chi connectivity index (χ0v) is 10.8. The first-order chi connectivity index (χ1) is 8.86. The van der Waals surface area contributed by atoms with E-state index in [0.29, 0.717) is 0 Å². The fraction of sp³-hybridized carbons (Fsp3) is 0.250. The van der Waals surface area contributed by atoms with Gasteiger partial charge < -0.3 is 9.47 Å². The molecular weight excluding hydrogens is 224 g/mol. The molecule has 0 aliphatic heterocycles. The average molecular weight is 242 g/mol. The van der Waals surface area contributed by atoms with Gasteiger partial charge in [-0.3, -0.25) is 0 Å². The lowest BCUT2D eigenvalue weighted by molar-refractivity contribution is 0.318. The van der Waals surface area contributed by atoms with Crippen molar-refractivity contribution in [3.05, 3.63) is 48.5 Å². The van der Waals surface area contributed by atoms with Gasteiger partial charge in [0.25, 0.3) is 0 Å².